The minimum Gasteiger partial charge on any atom is -0.465 e. The van der Waals surface area contributed by atoms with Gasteiger partial charge < -0.3 is 4.74 Å². The molecule has 1 fully saturated rings. The van der Waals surface area contributed by atoms with Crippen LogP contribution < -0.4 is 0 Å². The zero-order chi connectivity index (χ0) is 17.3. The Hall–Kier alpha value is -2.09. The van der Waals surface area contributed by atoms with Crippen molar-refractivity contribution in [3.8, 4) is 0 Å². The van der Waals surface area contributed by atoms with E-state index < -0.39 is 0 Å². The number of carbonyl (C=O) groups excluding carboxylic acids is 1. The molecule has 1 saturated heterocycles. The summed E-state index contributed by atoms with van der Waals surface area (Å²) in [6.45, 7) is 9.01. The molecule has 0 N–H and O–H groups in total. The third-order valence-electron chi connectivity index (χ3n) is 5.38. The Balaban J connectivity index is 1.76. The summed E-state index contributed by atoms with van der Waals surface area (Å²) in [4.78, 5) is 12.2. The third kappa shape index (κ3) is 3.53. The quantitative estimate of drug-likeness (QED) is 0.758. The van der Waals surface area contributed by atoms with Gasteiger partial charge >= 0.3 is 5.97 Å². The van der Waals surface area contributed by atoms with Crippen molar-refractivity contribution >= 4 is 5.97 Å². The molecule has 0 aliphatic carbocycles. The molecule has 3 rings (SSSR count). The van der Waals surface area contributed by atoms with Crippen molar-refractivity contribution in [2.24, 2.45) is 5.92 Å². The molecule has 2 heteroatoms. The molecule has 2 aromatic rings. The van der Waals surface area contributed by atoms with E-state index in [1.54, 1.807) is 0 Å². The van der Waals surface area contributed by atoms with Crippen molar-refractivity contribution in [2.45, 2.75) is 46.5 Å². The molecule has 1 aliphatic rings. The molecule has 0 bridgehead atoms. The normalized spacial score (nSPS) is 20.8. The van der Waals surface area contributed by atoms with Crippen LogP contribution in [0, 0.1) is 33.6 Å². The molecule has 1 aliphatic heterocycles. The molecular formula is C22H26O2. The number of esters is 1. The van der Waals surface area contributed by atoms with Crippen LogP contribution in [0.3, 0.4) is 0 Å². The van der Waals surface area contributed by atoms with Crippen molar-refractivity contribution in [3.05, 3.63) is 69.8 Å². The summed E-state index contributed by atoms with van der Waals surface area (Å²) in [6, 6.07) is 13.1. The molecule has 0 saturated carbocycles. The molecule has 0 spiro atoms. The summed E-state index contributed by atoms with van der Waals surface area (Å²) < 4.78 is 5.51. The van der Waals surface area contributed by atoms with Crippen molar-refractivity contribution in [3.63, 3.8) is 0 Å². The van der Waals surface area contributed by atoms with Crippen LogP contribution in [-0.2, 0) is 16.0 Å². The fourth-order valence-electron chi connectivity index (χ4n) is 3.44. The van der Waals surface area contributed by atoms with Gasteiger partial charge in [-0.2, -0.15) is 0 Å². The smallest absolute Gasteiger partial charge is 0.309 e. The van der Waals surface area contributed by atoms with Gasteiger partial charge in [0.05, 0.1) is 12.5 Å². The van der Waals surface area contributed by atoms with Crippen LogP contribution in [0.4, 0.5) is 0 Å². The number of cyclic esters (lactones) is 1. The lowest BCUT2D eigenvalue weighted by atomic mass is 9.83. The van der Waals surface area contributed by atoms with Crippen molar-refractivity contribution in [1.82, 2.24) is 0 Å². The summed E-state index contributed by atoms with van der Waals surface area (Å²) in [5.41, 5.74) is 7.69. The average Bonchev–Trinajstić information content (AvgIpc) is 2.56. The minimum atomic E-state index is -0.0486. The largest absolute Gasteiger partial charge is 0.465 e. The SMILES string of the molecule is Cc1ccc(C[C@H]2C[C@@H](c3ccc(C)c(C)c3)COC2=O)cc1C. The Bertz CT molecular complexity index is 761. The van der Waals surface area contributed by atoms with E-state index in [9.17, 15) is 4.79 Å². The minimum absolute atomic E-state index is 0.0479. The molecule has 2 aromatic carbocycles. The van der Waals surface area contributed by atoms with E-state index in [0.717, 1.165) is 12.8 Å². The van der Waals surface area contributed by atoms with Crippen molar-refractivity contribution in [2.75, 3.05) is 6.61 Å². The van der Waals surface area contributed by atoms with Crippen LogP contribution in [0.5, 0.6) is 0 Å². The van der Waals surface area contributed by atoms with E-state index in [0.29, 0.717) is 12.5 Å². The van der Waals surface area contributed by atoms with Crippen LogP contribution in [0.1, 0.15) is 45.7 Å². The summed E-state index contributed by atoms with van der Waals surface area (Å²) in [5, 5.41) is 0. The van der Waals surface area contributed by atoms with E-state index >= 15 is 0 Å². The summed E-state index contributed by atoms with van der Waals surface area (Å²) in [6.07, 6.45) is 1.63. The fraction of sp³-hybridized carbons (Fsp3) is 0.409. The average molecular weight is 322 g/mol. The maximum absolute atomic E-state index is 12.2. The van der Waals surface area contributed by atoms with Crippen LogP contribution in [0.2, 0.25) is 0 Å². The number of hydrogen-bond donors (Lipinski definition) is 0. The van der Waals surface area contributed by atoms with Gasteiger partial charge in [-0.05, 0) is 73.9 Å². The van der Waals surface area contributed by atoms with E-state index in [2.05, 4.69) is 64.1 Å². The van der Waals surface area contributed by atoms with Crippen LogP contribution >= 0.6 is 0 Å². The Labute approximate surface area is 144 Å². The summed E-state index contributed by atoms with van der Waals surface area (Å²) in [7, 11) is 0. The zero-order valence-electron chi connectivity index (χ0n) is 15.1. The first-order valence-corrected chi connectivity index (χ1v) is 8.74. The standard InChI is InChI=1S/C22H26O2/c1-14-5-7-18(9-16(14)3)11-20-12-21(13-24-22(20)23)19-8-6-15(2)17(4)10-19/h5-10,20-21H,11-13H2,1-4H3/t20-,21+/m0/s1. The second-order valence-corrected chi connectivity index (χ2v) is 7.23. The number of ether oxygens (including phenoxy) is 1. The van der Waals surface area contributed by atoms with Gasteiger partial charge in [0, 0.05) is 5.92 Å². The highest BCUT2D eigenvalue weighted by Crippen LogP contribution is 2.32. The van der Waals surface area contributed by atoms with Gasteiger partial charge in [-0.3, -0.25) is 4.79 Å². The molecule has 0 unspecified atom stereocenters. The third-order valence-corrected chi connectivity index (χ3v) is 5.38. The highest BCUT2D eigenvalue weighted by molar-refractivity contribution is 5.74. The number of aryl methyl sites for hydroxylation is 4. The van der Waals surface area contributed by atoms with Gasteiger partial charge in [0.2, 0.25) is 0 Å². The molecule has 0 aromatic heterocycles. The number of carbonyl (C=O) groups is 1. The van der Waals surface area contributed by atoms with Crippen molar-refractivity contribution in [1.29, 1.82) is 0 Å². The Morgan fingerprint density at radius 1 is 0.917 bits per heavy atom. The summed E-state index contributed by atoms with van der Waals surface area (Å²) >= 11 is 0. The van der Waals surface area contributed by atoms with E-state index in [4.69, 9.17) is 4.74 Å². The molecule has 2 nitrogen and oxygen atoms in total. The molecule has 0 amide bonds. The Kier molecular flexibility index (Phi) is 4.75. The topological polar surface area (TPSA) is 26.3 Å². The number of hydrogen-bond acceptors (Lipinski definition) is 2. The van der Waals surface area contributed by atoms with Gasteiger partial charge in [0.15, 0.2) is 0 Å². The van der Waals surface area contributed by atoms with Crippen LogP contribution in [-0.4, -0.2) is 12.6 Å². The predicted octanol–water partition coefficient (Wildman–Crippen LogP) is 4.81. The first-order valence-electron chi connectivity index (χ1n) is 8.74. The number of benzene rings is 2. The van der Waals surface area contributed by atoms with E-state index in [1.807, 2.05) is 0 Å². The van der Waals surface area contributed by atoms with E-state index in [-0.39, 0.29) is 11.9 Å². The Morgan fingerprint density at radius 2 is 1.58 bits per heavy atom. The second kappa shape index (κ2) is 6.80. The first-order chi connectivity index (χ1) is 11.4. The molecule has 2 atom stereocenters. The van der Waals surface area contributed by atoms with Gasteiger partial charge in [-0.15, -0.1) is 0 Å². The summed E-state index contributed by atoms with van der Waals surface area (Å²) in [5.74, 6) is 0.208. The van der Waals surface area contributed by atoms with Gasteiger partial charge in [0.1, 0.15) is 0 Å². The van der Waals surface area contributed by atoms with Gasteiger partial charge in [-0.1, -0.05) is 36.4 Å². The highest BCUT2D eigenvalue weighted by atomic mass is 16.5. The lowest BCUT2D eigenvalue weighted by molar-refractivity contribution is -0.154. The lowest BCUT2D eigenvalue weighted by Gasteiger charge is -2.29. The Morgan fingerprint density at radius 3 is 2.25 bits per heavy atom. The molecule has 126 valence electrons. The molecule has 1 heterocycles. The van der Waals surface area contributed by atoms with Gasteiger partial charge in [0.25, 0.3) is 0 Å². The predicted molar refractivity (Wildman–Crippen MR) is 97.3 cm³/mol. The molecule has 0 radical (unpaired) electrons. The monoisotopic (exact) mass is 322 g/mol. The molecule has 24 heavy (non-hydrogen) atoms. The zero-order valence-corrected chi connectivity index (χ0v) is 15.1. The van der Waals surface area contributed by atoms with Crippen LogP contribution in [0.25, 0.3) is 0 Å². The second-order valence-electron chi connectivity index (χ2n) is 7.23. The number of rotatable bonds is 3. The van der Waals surface area contributed by atoms with Crippen molar-refractivity contribution < 1.29 is 9.53 Å². The molecular weight excluding hydrogens is 296 g/mol. The van der Waals surface area contributed by atoms with Crippen LogP contribution in [0.15, 0.2) is 36.4 Å². The maximum atomic E-state index is 12.2. The highest BCUT2D eigenvalue weighted by Gasteiger charge is 2.31. The van der Waals surface area contributed by atoms with Gasteiger partial charge in [-0.25, -0.2) is 0 Å². The fourth-order valence-corrected chi connectivity index (χ4v) is 3.44. The lowest BCUT2D eigenvalue weighted by Crippen LogP contribution is -2.31. The first kappa shape index (κ1) is 16.8. The van der Waals surface area contributed by atoms with E-state index in [1.165, 1.54) is 33.4 Å². The maximum Gasteiger partial charge on any atom is 0.309 e.